The van der Waals surface area contributed by atoms with E-state index in [1.165, 1.54) is 12.8 Å². The number of nitrogens with one attached hydrogen (secondary N) is 1. The van der Waals surface area contributed by atoms with Crippen molar-refractivity contribution in [1.82, 2.24) is 5.32 Å². The van der Waals surface area contributed by atoms with Crippen LogP contribution in [-0.4, -0.2) is 31.6 Å². The maximum Gasteiger partial charge on any atom is 0.194 e. The Labute approximate surface area is 148 Å². The summed E-state index contributed by atoms with van der Waals surface area (Å²) in [6.45, 7) is 3.15. The van der Waals surface area contributed by atoms with Gasteiger partial charge in [0, 0.05) is 22.7 Å². The zero-order valence-corrected chi connectivity index (χ0v) is 14.7. The number of rotatable bonds is 4. The number of ketones is 1. The summed E-state index contributed by atoms with van der Waals surface area (Å²) in [6.07, 6.45) is 3.65. The zero-order chi connectivity index (χ0) is 17.4. The van der Waals surface area contributed by atoms with Crippen LogP contribution in [0.15, 0.2) is 36.4 Å². The van der Waals surface area contributed by atoms with Crippen LogP contribution in [0.5, 0.6) is 11.5 Å². The van der Waals surface area contributed by atoms with Crippen LogP contribution in [0.2, 0.25) is 0 Å². The molecule has 1 saturated heterocycles. The topological polar surface area (TPSA) is 47.6 Å². The van der Waals surface area contributed by atoms with Crippen LogP contribution in [0, 0.1) is 0 Å². The van der Waals surface area contributed by atoms with E-state index in [9.17, 15) is 4.79 Å². The molecule has 0 saturated carbocycles. The lowest BCUT2D eigenvalue weighted by Crippen LogP contribution is -2.44. The summed E-state index contributed by atoms with van der Waals surface area (Å²) in [6, 6.07) is 11.8. The van der Waals surface area contributed by atoms with Gasteiger partial charge in [0.1, 0.15) is 17.6 Å². The van der Waals surface area contributed by atoms with E-state index in [2.05, 4.69) is 12.2 Å². The summed E-state index contributed by atoms with van der Waals surface area (Å²) in [5, 5.41) is 3.54. The first-order valence-electron chi connectivity index (χ1n) is 8.95. The Hall–Kier alpha value is -2.33. The summed E-state index contributed by atoms with van der Waals surface area (Å²) in [4.78, 5) is 12.8. The number of benzene rings is 2. The number of fused-ring (bicyclic) bond motifs is 3. The molecule has 0 spiro atoms. The fourth-order valence-electron chi connectivity index (χ4n) is 3.86. The molecule has 4 heteroatoms. The summed E-state index contributed by atoms with van der Waals surface area (Å²) in [5.74, 6) is 1.52. The number of carbonyl (C=O) groups is 1. The first-order chi connectivity index (χ1) is 12.2. The minimum absolute atomic E-state index is 0.0396. The first-order valence-corrected chi connectivity index (χ1v) is 8.95. The number of piperidine rings is 1. The van der Waals surface area contributed by atoms with Gasteiger partial charge in [-0.25, -0.2) is 0 Å². The average Bonchev–Trinajstić information content (AvgIpc) is 2.95. The molecule has 2 unspecified atom stereocenters. The number of hydrogen-bond donors (Lipinski definition) is 1. The Bertz CT molecular complexity index is 809. The Kier molecular flexibility index (Phi) is 4.22. The zero-order valence-electron chi connectivity index (χ0n) is 14.7. The van der Waals surface area contributed by atoms with Crippen molar-refractivity contribution in [3.63, 3.8) is 0 Å². The maximum atomic E-state index is 12.8. The summed E-state index contributed by atoms with van der Waals surface area (Å²) >= 11 is 0. The van der Waals surface area contributed by atoms with Gasteiger partial charge in [-0.3, -0.25) is 4.79 Å². The number of methoxy groups -OCH3 is 1. The molecular weight excluding hydrogens is 314 g/mol. The highest BCUT2D eigenvalue weighted by molar-refractivity contribution is 6.22. The largest absolute Gasteiger partial charge is 0.497 e. The molecule has 2 aromatic rings. The molecule has 130 valence electrons. The Morgan fingerprint density at radius 2 is 2.00 bits per heavy atom. The second kappa shape index (κ2) is 6.52. The van der Waals surface area contributed by atoms with Crippen LogP contribution in [0.25, 0.3) is 11.1 Å². The molecule has 2 aromatic carbocycles. The molecule has 2 aliphatic rings. The van der Waals surface area contributed by atoms with Crippen LogP contribution in [0.1, 0.15) is 42.1 Å². The molecule has 1 N–H and O–H groups in total. The molecule has 0 radical (unpaired) electrons. The van der Waals surface area contributed by atoms with Crippen LogP contribution in [0.4, 0.5) is 0 Å². The van der Waals surface area contributed by atoms with E-state index < -0.39 is 0 Å². The lowest BCUT2D eigenvalue weighted by atomic mass is 10.0. The predicted octanol–water partition coefficient (Wildman–Crippen LogP) is 3.82. The molecule has 0 bridgehead atoms. The van der Waals surface area contributed by atoms with E-state index in [1.807, 2.05) is 36.4 Å². The molecule has 1 aliphatic heterocycles. The third kappa shape index (κ3) is 2.81. The Balaban J connectivity index is 1.69. The quantitative estimate of drug-likeness (QED) is 0.786. The van der Waals surface area contributed by atoms with E-state index in [4.69, 9.17) is 9.47 Å². The van der Waals surface area contributed by atoms with Gasteiger partial charge in [-0.05, 0) is 56.1 Å². The minimum Gasteiger partial charge on any atom is -0.497 e. The Morgan fingerprint density at radius 1 is 1.12 bits per heavy atom. The van der Waals surface area contributed by atoms with Crippen LogP contribution in [0.3, 0.4) is 0 Å². The lowest BCUT2D eigenvalue weighted by molar-refractivity contribution is 0.104. The van der Waals surface area contributed by atoms with Gasteiger partial charge >= 0.3 is 0 Å². The second-order valence-corrected chi connectivity index (χ2v) is 6.80. The third-order valence-corrected chi connectivity index (χ3v) is 5.24. The van der Waals surface area contributed by atoms with E-state index in [0.717, 1.165) is 29.8 Å². The van der Waals surface area contributed by atoms with E-state index in [1.54, 1.807) is 7.11 Å². The minimum atomic E-state index is 0.0396. The summed E-state index contributed by atoms with van der Waals surface area (Å²) in [7, 11) is 1.61. The Morgan fingerprint density at radius 3 is 2.76 bits per heavy atom. The highest BCUT2D eigenvalue weighted by Gasteiger charge is 2.31. The van der Waals surface area contributed by atoms with Gasteiger partial charge in [-0.2, -0.15) is 0 Å². The fraction of sp³-hybridized carbons (Fsp3) is 0.381. The van der Waals surface area contributed by atoms with Crippen molar-refractivity contribution in [3.05, 3.63) is 47.5 Å². The molecule has 4 rings (SSSR count). The molecule has 1 fully saturated rings. The maximum absolute atomic E-state index is 12.8. The van der Waals surface area contributed by atoms with Crippen molar-refractivity contribution in [1.29, 1.82) is 0 Å². The summed E-state index contributed by atoms with van der Waals surface area (Å²) < 4.78 is 11.6. The van der Waals surface area contributed by atoms with Crippen molar-refractivity contribution in [3.8, 4) is 22.6 Å². The van der Waals surface area contributed by atoms with Crippen molar-refractivity contribution in [2.45, 2.75) is 38.3 Å². The molecular formula is C21H23NO3. The van der Waals surface area contributed by atoms with Gasteiger partial charge < -0.3 is 14.8 Å². The number of hydrogen-bond acceptors (Lipinski definition) is 4. The van der Waals surface area contributed by atoms with Crippen molar-refractivity contribution in [2.24, 2.45) is 0 Å². The molecule has 2 atom stereocenters. The molecule has 0 aromatic heterocycles. The predicted molar refractivity (Wildman–Crippen MR) is 97.6 cm³/mol. The van der Waals surface area contributed by atoms with Crippen molar-refractivity contribution < 1.29 is 14.3 Å². The number of carbonyl (C=O) groups excluding carboxylic acids is 1. The van der Waals surface area contributed by atoms with Gasteiger partial charge in [-0.1, -0.05) is 18.6 Å². The van der Waals surface area contributed by atoms with Gasteiger partial charge in [0.05, 0.1) is 7.11 Å². The van der Waals surface area contributed by atoms with Crippen LogP contribution in [-0.2, 0) is 0 Å². The van der Waals surface area contributed by atoms with Crippen LogP contribution < -0.4 is 14.8 Å². The standard InChI is InChI=1S/C21H23NO3/c1-13(18-7-3-4-11-22-18)25-19-8-5-6-16-20(19)15-10-9-14(24-2)12-17(15)21(16)23/h5-6,8-10,12-13,18,22H,3-4,7,11H2,1-2H3. The number of ether oxygens (including phenoxy) is 2. The van der Waals surface area contributed by atoms with Crippen molar-refractivity contribution >= 4 is 5.78 Å². The monoisotopic (exact) mass is 337 g/mol. The van der Waals surface area contributed by atoms with Gasteiger partial charge in [0.15, 0.2) is 5.78 Å². The second-order valence-electron chi connectivity index (χ2n) is 6.80. The van der Waals surface area contributed by atoms with E-state index in [0.29, 0.717) is 22.9 Å². The van der Waals surface area contributed by atoms with E-state index >= 15 is 0 Å². The fourth-order valence-corrected chi connectivity index (χ4v) is 3.86. The molecule has 0 amide bonds. The van der Waals surface area contributed by atoms with Gasteiger partial charge in [-0.15, -0.1) is 0 Å². The highest BCUT2D eigenvalue weighted by Crippen LogP contribution is 2.44. The van der Waals surface area contributed by atoms with Gasteiger partial charge in [0.25, 0.3) is 0 Å². The first kappa shape index (κ1) is 16.2. The van der Waals surface area contributed by atoms with Crippen molar-refractivity contribution in [2.75, 3.05) is 13.7 Å². The molecule has 1 heterocycles. The normalized spacial score (nSPS) is 19.9. The molecule has 25 heavy (non-hydrogen) atoms. The highest BCUT2D eigenvalue weighted by atomic mass is 16.5. The molecule has 1 aliphatic carbocycles. The SMILES string of the molecule is COc1ccc2c(c1)C(=O)c1cccc(OC(C)C3CCCCN3)c1-2. The summed E-state index contributed by atoms with van der Waals surface area (Å²) in [5.41, 5.74) is 3.24. The lowest BCUT2D eigenvalue weighted by Gasteiger charge is -2.30. The van der Waals surface area contributed by atoms with E-state index in [-0.39, 0.29) is 11.9 Å². The van der Waals surface area contributed by atoms with Gasteiger partial charge in [0.2, 0.25) is 0 Å². The van der Waals surface area contributed by atoms with Crippen LogP contribution >= 0.6 is 0 Å². The molecule has 4 nitrogen and oxygen atoms in total. The average molecular weight is 337 g/mol. The third-order valence-electron chi connectivity index (χ3n) is 5.24. The smallest absolute Gasteiger partial charge is 0.194 e.